The lowest BCUT2D eigenvalue weighted by Crippen LogP contribution is -2.26. The van der Waals surface area contributed by atoms with Gasteiger partial charge in [0.1, 0.15) is 0 Å². The fourth-order valence-electron chi connectivity index (χ4n) is 3.12. The molecular formula is C22H33N3O3. The molecule has 1 aromatic carbocycles. The van der Waals surface area contributed by atoms with Crippen LogP contribution in [0.5, 0.6) is 0 Å². The first-order valence-electron chi connectivity index (χ1n) is 10.5. The third-order valence-electron chi connectivity index (χ3n) is 4.74. The van der Waals surface area contributed by atoms with Gasteiger partial charge >= 0.3 is 0 Å². The third-order valence-corrected chi connectivity index (χ3v) is 4.74. The Bertz CT molecular complexity index is 773. The van der Waals surface area contributed by atoms with Crippen LogP contribution >= 0.6 is 0 Å². The Hall–Kier alpha value is -2.21. The molecule has 0 radical (unpaired) electrons. The van der Waals surface area contributed by atoms with Crippen molar-refractivity contribution in [2.75, 3.05) is 19.8 Å². The molecule has 0 aliphatic carbocycles. The number of aryl methyl sites for hydroxylation is 1. The average molecular weight is 388 g/mol. The van der Waals surface area contributed by atoms with Crippen molar-refractivity contribution in [3.63, 3.8) is 0 Å². The second kappa shape index (κ2) is 13.0. The normalized spacial score (nSPS) is 11.0. The molecule has 0 aliphatic rings. The standard InChI is InChI=1S/C22H33N3O3/c1-2-3-4-5-6-9-16-28-17-10-14-23-22(27)13-15-25-20-12-8-7-11-19(20)21(26)18-24-25/h7-8,11-12,18H,2-6,9-10,13-17H2,1H3,(H,23,27). The maximum atomic E-state index is 12.0. The fraction of sp³-hybridized carbons (Fsp3) is 0.591. The number of nitrogens with zero attached hydrogens (tertiary/aromatic N) is 2. The highest BCUT2D eigenvalue weighted by Crippen LogP contribution is 2.08. The topological polar surface area (TPSA) is 73.2 Å². The van der Waals surface area contributed by atoms with E-state index >= 15 is 0 Å². The molecule has 0 aliphatic heterocycles. The number of carbonyl (C=O) groups is 1. The zero-order chi connectivity index (χ0) is 20.0. The minimum Gasteiger partial charge on any atom is -0.381 e. The van der Waals surface area contributed by atoms with Gasteiger partial charge < -0.3 is 10.1 Å². The summed E-state index contributed by atoms with van der Waals surface area (Å²) >= 11 is 0. The van der Waals surface area contributed by atoms with Gasteiger partial charge in [0.25, 0.3) is 0 Å². The van der Waals surface area contributed by atoms with Gasteiger partial charge in [-0.15, -0.1) is 0 Å². The Kier molecular flexibility index (Phi) is 10.3. The summed E-state index contributed by atoms with van der Waals surface area (Å²) in [6.07, 6.45) is 10.1. The molecule has 0 unspecified atom stereocenters. The summed E-state index contributed by atoms with van der Waals surface area (Å²) in [5.74, 6) is -0.0134. The van der Waals surface area contributed by atoms with Crippen LogP contribution in [0.4, 0.5) is 0 Å². The van der Waals surface area contributed by atoms with Crippen molar-refractivity contribution >= 4 is 16.8 Å². The minimum atomic E-state index is -0.0998. The van der Waals surface area contributed by atoms with E-state index in [0.29, 0.717) is 31.5 Å². The van der Waals surface area contributed by atoms with Gasteiger partial charge in [0.05, 0.1) is 18.3 Å². The maximum absolute atomic E-state index is 12.0. The van der Waals surface area contributed by atoms with Crippen molar-refractivity contribution in [1.82, 2.24) is 15.1 Å². The van der Waals surface area contributed by atoms with Crippen LogP contribution in [0.1, 0.15) is 58.3 Å². The zero-order valence-electron chi connectivity index (χ0n) is 17.0. The summed E-state index contributed by atoms with van der Waals surface area (Å²) in [5.41, 5.74) is 0.656. The SMILES string of the molecule is CCCCCCCCOCCCNC(=O)CCn1ncc(=O)c2ccccc21. The van der Waals surface area contributed by atoms with Crippen molar-refractivity contribution in [2.24, 2.45) is 0 Å². The van der Waals surface area contributed by atoms with E-state index in [0.717, 1.165) is 25.0 Å². The number of para-hydroxylation sites is 1. The second-order valence-electron chi connectivity index (χ2n) is 7.08. The number of rotatable bonds is 14. The second-order valence-corrected chi connectivity index (χ2v) is 7.08. The molecule has 28 heavy (non-hydrogen) atoms. The summed E-state index contributed by atoms with van der Waals surface area (Å²) in [4.78, 5) is 23.9. The van der Waals surface area contributed by atoms with Crippen LogP contribution in [-0.4, -0.2) is 35.4 Å². The van der Waals surface area contributed by atoms with Gasteiger partial charge in [-0.2, -0.15) is 5.10 Å². The molecule has 0 bridgehead atoms. The van der Waals surface area contributed by atoms with Gasteiger partial charge in [-0.3, -0.25) is 14.3 Å². The molecule has 0 saturated carbocycles. The molecule has 6 nitrogen and oxygen atoms in total. The van der Waals surface area contributed by atoms with E-state index in [2.05, 4.69) is 17.3 Å². The zero-order valence-corrected chi connectivity index (χ0v) is 17.0. The van der Waals surface area contributed by atoms with E-state index in [4.69, 9.17) is 4.74 Å². The lowest BCUT2D eigenvalue weighted by molar-refractivity contribution is -0.121. The third kappa shape index (κ3) is 7.80. The highest BCUT2D eigenvalue weighted by molar-refractivity contribution is 5.78. The quantitative estimate of drug-likeness (QED) is 0.502. The first-order chi connectivity index (χ1) is 13.7. The molecule has 1 amide bonds. The number of hydrogen-bond acceptors (Lipinski definition) is 4. The predicted octanol–water partition coefficient (Wildman–Crippen LogP) is 3.67. The van der Waals surface area contributed by atoms with Crippen LogP contribution in [-0.2, 0) is 16.1 Å². The summed E-state index contributed by atoms with van der Waals surface area (Å²) in [6, 6.07) is 7.32. The van der Waals surface area contributed by atoms with Crippen LogP contribution < -0.4 is 10.7 Å². The predicted molar refractivity (Wildman–Crippen MR) is 112 cm³/mol. The van der Waals surface area contributed by atoms with E-state index in [1.54, 1.807) is 10.7 Å². The summed E-state index contributed by atoms with van der Waals surface area (Å²) in [6.45, 7) is 4.78. The number of hydrogen-bond donors (Lipinski definition) is 1. The Balaban J connectivity index is 1.55. The number of amides is 1. The highest BCUT2D eigenvalue weighted by atomic mass is 16.5. The van der Waals surface area contributed by atoms with Crippen molar-refractivity contribution in [2.45, 2.75) is 64.8 Å². The average Bonchev–Trinajstić information content (AvgIpc) is 2.72. The van der Waals surface area contributed by atoms with Gasteiger partial charge in [-0.05, 0) is 25.0 Å². The number of unbranched alkanes of at least 4 members (excludes halogenated alkanes) is 5. The number of carbonyl (C=O) groups excluding carboxylic acids is 1. The summed E-state index contributed by atoms with van der Waals surface area (Å²) in [5, 5.41) is 7.69. The molecule has 0 saturated heterocycles. The van der Waals surface area contributed by atoms with Crippen molar-refractivity contribution < 1.29 is 9.53 Å². The highest BCUT2D eigenvalue weighted by Gasteiger charge is 2.06. The Morgan fingerprint density at radius 1 is 1.07 bits per heavy atom. The molecule has 154 valence electrons. The number of benzene rings is 1. The Morgan fingerprint density at radius 2 is 1.82 bits per heavy atom. The molecule has 0 spiro atoms. The van der Waals surface area contributed by atoms with Crippen LogP contribution in [0.15, 0.2) is 35.3 Å². The van der Waals surface area contributed by atoms with Crippen LogP contribution in [0.3, 0.4) is 0 Å². The van der Waals surface area contributed by atoms with Gasteiger partial charge in [-0.1, -0.05) is 51.2 Å². The molecule has 1 aromatic heterocycles. The fourth-order valence-corrected chi connectivity index (χ4v) is 3.12. The summed E-state index contributed by atoms with van der Waals surface area (Å²) < 4.78 is 7.32. The van der Waals surface area contributed by atoms with Crippen molar-refractivity contribution in [1.29, 1.82) is 0 Å². The number of nitrogens with one attached hydrogen (secondary N) is 1. The van der Waals surface area contributed by atoms with E-state index in [1.807, 2.05) is 18.2 Å². The van der Waals surface area contributed by atoms with E-state index in [-0.39, 0.29) is 11.3 Å². The van der Waals surface area contributed by atoms with Crippen molar-refractivity contribution in [3.8, 4) is 0 Å². The number of ether oxygens (including phenoxy) is 1. The van der Waals surface area contributed by atoms with Crippen molar-refractivity contribution in [3.05, 3.63) is 40.7 Å². The van der Waals surface area contributed by atoms with Gasteiger partial charge in [0.15, 0.2) is 0 Å². The van der Waals surface area contributed by atoms with Gasteiger partial charge in [-0.25, -0.2) is 0 Å². The molecule has 1 N–H and O–H groups in total. The lowest BCUT2D eigenvalue weighted by atomic mass is 10.1. The van der Waals surface area contributed by atoms with Crippen LogP contribution in [0, 0.1) is 0 Å². The molecule has 6 heteroatoms. The lowest BCUT2D eigenvalue weighted by Gasteiger charge is -2.09. The van der Waals surface area contributed by atoms with Gasteiger partial charge in [0.2, 0.25) is 11.3 Å². The largest absolute Gasteiger partial charge is 0.381 e. The van der Waals surface area contributed by atoms with E-state index in [9.17, 15) is 9.59 Å². The maximum Gasteiger partial charge on any atom is 0.221 e. The van der Waals surface area contributed by atoms with Crippen LogP contribution in [0.25, 0.3) is 10.9 Å². The number of fused-ring (bicyclic) bond motifs is 1. The summed E-state index contributed by atoms with van der Waals surface area (Å²) in [7, 11) is 0. The molecule has 2 rings (SSSR count). The minimum absolute atomic E-state index is 0.0134. The Labute approximate surface area is 167 Å². The van der Waals surface area contributed by atoms with Gasteiger partial charge in [0, 0.05) is 31.6 Å². The Morgan fingerprint density at radius 3 is 2.68 bits per heavy atom. The van der Waals surface area contributed by atoms with Crippen LogP contribution in [0.2, 0.25) is 0 Å². The molecule has 0 atom stereocenters. The molecule has 2 aromatic rings. The molecular weight excluding hydrogens is 354 g/mol. The molecule has 1 heterocycles. The molecule has 0 fully saturated rings. The van der Waals surface area contributed by atoms with E-state index in [1.165, 1.54) is 38.3 Å². The number of aromatic nitrogens is 2. The monoisotopic (exact) mass is 387 g/mol. The van der Waals surface area contributed by atoms with E-state index < -0.39 is 0 Å². The first kappa shape index (κ1) is 22.1. The first-order valence-corrected chi connectivity index (χ1v) is 10.5. The smallest absolute Gasteiger partial charge is 0.221 e.